The second kappa shape index (κ2) is 3.53. The van der Waals surface area contributed by atoms with Crippen molar-refractivity contribution < 1.29 is 24.5 Å². The second-order valence-corrected chi connectivity index (χ2v) is 6.96. The number of aliphatic hydroxyl groups excluding tert-OH is 2. The second-order valence-electron chi connectivity index (χ2n) is 6.96. The number of fused-ring (bicyclic) bond motifs is 2. The summed E-state index contributed by atoms with van der Waals surface area (Å²) in [6, 6.07) is 0. The molecule has 110 valence electrons. The lowest BCUT2D eigenvalue weighted by atomic mass is 9.52. The zero-order valence-electron chi connectivity index (χ0n) is 11.7. The Morgan fingerprint density at radius 3 is 2.75 bits per heavy atom. The number of carbonyl (C=O) groups excluding carboxylic acids is 1. The topological polar surface area (TPSA) is 79.3 Å². The molecule has 2 heterocycles. The molecule has 5 nitrogen and oxygen atoms in total. The van der Waals surface area contributed by atoms with E-state index in [1.54, 1.807) is 0 Å². The third kappa shape index (κ3) is 1.07. The molecule has 4 aliphatic rings. The monoisotopic (exact) mass is 280 g/mol. The Labute approximate surface area is 117 Å². The van der Waals surface area contributed by atoms with Gasteiger partial charge in [0.05, 0.1) is 24.2 Å². The summed E-state index contributed by atoms with van der Waals surface area (Å²) in [6.45, 7) is 4.34. The number of hydrogen-bond donors (Lipinski definition) is 2. The molecular formula is C15H20O5. The lowest BCUT2D eigenvalue weighted by molar-refractivity contribution is -0.205. The van der Waals surface area contributed by atoms with Gasteiger partial charge >= 0.3 is 0 Å². The van der Waals surface area contributed by atoms with Gasteiger partial charge in [0.2, 0.25) is 0 Å². The first-order valence-electron chi connectivity index (χ1n) is 7.22. The normalized spacial score (nSPS) is 60.1. The summed E-state index contributed by atoms with van der Waals surface area (Å²) in [7, 11) is 0. The van der Waals surface area contributed by atoms with Gasteiger partial charge in [-0.1, -0.05) is 18.6 Å². The summed E-state index contributed by atoms with van der Waals surface area (Å²) >= 11 is 0. The lowest BCUT2D eigenvalue weighted by Gasteiger charge is -2.55. The standard InChI is InChI=1S/C15H20O5/c1-8-3-4-14(6-16)9(5-8)20-12-10(17)11(18)13(14,2)15(12)7-19-15/h5-6,9-12,17-18H,3-4,7H2,1-2H3/t9-,10-,11-,12-,13-,14-,15+/m1/s1. The van der Waals surface area contributed by atoms with Crippen molar-refractivity contribution in [3.8, 4) is 0 Å². The van der Waals surface area contributed by atoms with Crippen LogP contribution in [-0.4, -0.2) is 53.1 Å². The number of allylic oxidation sites excluding steroid dienone is 1. The SMILES string of the molecule is CC1=C[C@H]2O[C@@H]3[C@H](O)[C@@H](O)[C@](C)([C@@]2(C=O)CC1)[C@]31CO1. The highest BCUT2D eigenvalue weighted by atomic mass is 16.6. The number of epoxide rings is 1. The van der Waals surface area contributed by atoms with Crippen molar-refractivity contribution in [3.63, 3.8) is 0 Å². The number of rotatable bonds is 1. The summed E-state index contributed by atoms with van der Waals surface area (Å²) < 4.78 is 11.7. The molecule has 5 heteroatoms. The third-order valence-electron chi connectivity index (χ3n) is 6.37. The van der Waals surface area contributed by atoms with Crippen molar-refractivity contribution in [3.05, 3.63) is 11.6 Å². The fraction of sp³-hybridized carbons (Fsp3) is 0.800. The van der Waals surface area contributed by atoms with E-state index >= 15 is 0 Å². The van der Waals surface area contributed by atoms with Crippen molar-refractivity contribution in [1.82, 2.24) is 0 Å². The molecule has 3 fully saturated rings. The molecule has 20 heavy (non-hydrogen) atoms. The maximum atomic E-state index is 12.0. The van der Waals surface area contributed by atoms with Gasteiger partial charge in [-0.3, -0.25) is 0 Å². The van der Waals surface area contributed by atoms with E-state index < -0.39 is 34.7 Å². The number of carbonyl (C=O) groups is 1. The van der Waals surface area contributed by atoms with Crippen molar-refractivity contribution in [2.45, 2.75) is 56.7 Å². The number of aldehydes is 1. The van der Waals surface area contributed by atoms with E-state index in [1.165, 1.54) is 5.57 Å². The van der Waals surface area contributed by atoms with Crippen LogP contribution in [0.4, 0.5) is 0 Å². The minimum Gasteiger partial charge on any atom is -0.390 e. The Hall–Kier alpha value is -0.750. The van der Waals surface area contributed by atoms with Gasteiger partial charge in [-0.25, -0.2) is 0 Å². The predicted molar refractivity (Wildman–Crippen MR) is 69.0 cm³/mol. The highest BCUT2D eigenvalue weighted by Crippen LogP contribution is 2.70. The molecule has 4 rings (SSSR count). The quantitative estimate of drug-likeness (QED) is 0.407. The van der Waals surface area contributed by atoms with Crippen molar-refractivity contribution in [1.29, 1.82) is 0 Å². The molecule has 0 aromatic carbocycles. The largest absolute Gasteiger partial charge is 0.390 e. The first-order valence-corrected chi connectivity index (χ1v) is 7.22. The van der Waals surface area contributed by atoms with Gasteiger partial charge in [-0.15, -0.1) is 0 Å². The molecule has 2 aliphatic carbocycles. The number of ether oxygens (including phenoxy) is 2. The van der Waals surface area contributed by atoms with Gasteiger partial charge in [-0.05, 0) is 19.8 Å². The van der Waals surface area contributed by atoms with Crippen LogP contribution in [0, 0.1) is 10.8 Å². The smallest absolute Gasteiger partial charge is 0.129 e. The zero-order valence-corrected chi connectivity index (χ0v) is 11.7. The van der Waals surface area contributed by atoms with E-state index in [-0.39, 0.29) is 6.10 Å². The molecule has 1 saturated carbocycles. The van der Waals surface area contributed by atoms with Crippen LogP contribution in [-0.2, 0) is 14.3 Å². The fourth-order valence-corrected chi connectivity index (χ4v) is 4.89. The lowest BCUT2D eigenvalue weighted by Crippen LogP contribution is -2.65. The maximum absolute atomic E-state index is 12.0. The summed E-state index contributed by atoms with van der Waals surface area (Å²) in [6.07, 6.45) is 1.40. The Kier molecular flexibility index (Phi) is 2.28. The molecule has 2 bridgehead atoms. The van der Waals surface area contributed by atoms with Crippen LogP contribution < -0.4 is 0 Å². The van der Waals surface area contributed by atoms with Gasteiger partial charge < -0.3 is 24.5 Å². The molecule has 2 N–H and O–H groups in total. The van der Waals surface area contributed by atoms with Crippen molar-refractivity contribution in [2.75, 3.05) is 6.61 Å². The average molecular weight is 280 g/mol. The highest BCUT2D eigenvalue weighted by molar-refractivity contribution is 5.67. The molecule has 7 atom stereocenters. The van der Waals surface area contributed by atoms with E-state index in [0.29, 0.717) is 13.0 Å². The minimum absolute atomic E-state index is 0.384. The van der Waals surface area contributed by atoms with E-state index in [2.05, 4.69) is 0 Å². The van der Waals surface area contributed by atoms with E-state index in [9.17, 15) is 15.0 Å². The Balaban J connectivity index is 1.94. The fourth-order valence-electron chi connectivity index (χ4n) is 4.89. The van der Waals surface area contributed by atoms with Crippen molar-refractivity contribution in [2.24, 2.45) is 10.8 Å². The average Bonchev–Trinajstić information content (AvgIpc) is 3.21. The Morgan fingerprint density at radius 2 is 2.15 bits per heavy atom. The summed E-state index contributed by atoms with van der Waals surface area (Å²) in [5.74, 6) is 0. The molecule has 0 aromatic rings. The molecule has 0 aromatic heterocycles. The summed E-state index contributed by atoms with van der Waals surface area (Å²) in [4.78, 5) is 12.0. The Morgan fingerprint density at radius 1 is 1.45 bits per heavy atom. The zero-order chi connectivity index (χ0) is 14.3. The molecule has 2 saturated heterocycles. The summed E-state index contributed by atoms with van der Waals surface area (Å²) in [5.41, 5.74) is -1.14. The molecular weight excluding hydrogens is 260 g/mol. The van der Waals surface area contributed by atoms with Crippen LogP contribution in [0.2, 0.25) is 0 Å². The van der Waals surface area contributed by atoms with Gasteiger partial charge in [0.1, 0.15) is 24.1 Å². The van der Waals surface area contributed by atoms with Gasteiger partial charge in [0.25, 0.3) is 0 Å². The molecule has 1 spiro atoms. The summed E-state index contributed by atoms with van der Waals surface area (Å²) in [5, 5.41) is 21.0. The van der Waals surface area contributed by atoms with Gasteiger partial charge in [0, 0.05) is 5.41 Å². The molecule has 2 aliphatic heterocycles. The Bertz CT molecular complexity index is 510. The number of hydrogen-bond acceptors (Lipinski definition) is 5. The van der Waals surface area contributed by atoms with Crippen LogP contribution in [0.3, 0.4) is 0 Å². The van der Waals surface area contributed by atoms with Crippen molar-refractivity contribution >= 4 is 6.29 Å². The van der Waals surface area contributed by atoms with Crippen LogP contribution >= 0.6 is 0 Å². The van der Waals surface area contributed by atoms with E-state index in [1.807, 2.05) is 19.9 Å². The van der Waals surface area contributed by atoms with Gasteiger partial charge in [0.15, 0.2) is 0 Å². The maximum Gasteiger partial charge on any atom is 0.129 e. The highest BCUT2D eigenvalue weighted by Gasteiger charge is 2.84. The predicted octanol–water partition coefficient (Wildman–Crippen LogP) is 0.190. The number of aliphatic hydroxyl groups is 2. The van der Waals surface area contributed by atoms with Crippen LogP contribution in [0.15, 0.2) is 11.6 Å². The molecule has 0 amide bonds. The van der Waals surface area contributed by atoms with Crippen LogP contribution in [0.5, 0.6) is 0 Å². The molecule has 0 radical (unpaired) electrons. The third-order valence-corrected chi connectivity index (χ3v) is 6.37. The first kappa shape index (κ1) is 13.0. The van der Waals surface area contributed by atoms with Gasteiger partial charge in [-0.2, -0.15) is 0 Å². The molecule has 0 unspecified atom stereocenters. The minimum atomic E-state index is -1.00. The first-order chi connectivity index (χ1) is 9.43. The van der Waals surface area contributed by atoms with E-state index in [4.69, 9.17) is 9.47 Å². The van der Waals surface area contributed by atoms with E-state index in [0.717, 1.165) is 12.7 Å². The van der Waals surface area contributed by atoms with Crippen LogP contribution in [0.25, 0.3) is 0 Å². The van der Waals surface area contributed by atoms with Crippen LogP contribution in [0.1, 0.15) is 26.7 Å².